The number of nitrogens with one attached hydrogen (secondary N) is 1. The lowest BCUT2D eigenvalue weighted by molar-refractivity contribution is -0.147. The highest BCUT2D eigenvalue weighted by molar-refractivity contribution is 7.99. The maximum atomic E-state index is 12.7. The van der Waals surface area contributed by atoms with Crippen LogP contribution in [0.25, 0.3) is 0 Å². The summed E-state index contributed by atoms with van der Waals surface area (Å²) in [6, 6.07) is 7.01. The first-order valence-corrected chi connectivity index (χ1v) is 10.4. The number of hydrogen-bond acceptors (Lipinski definition) is 6. The van der Waals surface area contributed by atoms with Gasteiger partial charge in [0.25, 0.3) is 0 Å². The average Bonchev–Trinajstić information content (AvgIpc) is 3.04. The Hall–Kier alpha value is -1.99. The minimum absolute atomic E-state index is 0.304. The van der Waals surface area contributed by atoms with Gasteiger partial charge in [0.15, 0.2) is 0 Å². The van der Waals surface area contributed by atoms with E-state index in [9.17, 15) is 4.79 Å². The number of carbonyl (C=O) groups excluding carboxylic acids is 1. The molecule has 0 bridgehead atoms. The summed E-state index contributed by atoms with van der Waals surface area (Å²) in [5.41, 5.74) is 1.45. The Morgan fingerprint density at radius 2 is 2.11 bits per heavy atom. The van der Waals surface area contributed by atoms with Crippen molar-refractivity contribution in [2.24, 2.45) is 5.92 Å². The number of rotatable bonds is 7. The normalized spacial score (nSPS) is 18.7. The lowest BCUT2D eigenvalue weighted by Crippen LogP contribution is -2.37. The molecule has 0 unspecified atom stereocenters. The molecule has 144 valence electrons. The third kappa shape index (κ3) is 4.30. The summed E-state index contributed by atoms with van der Waals surface area (Å²) in [4.78, 5) is 17.2. The molecule has 1 aliphatic heterocycles. The van der Waals surface area contributed by atoms with E-state index in [1.165, 1.54) is 0 Å². The van der Waals surface area contributed by atoms with Crippen LogP contribution in [0.1, 0.15) is 38.3 Å². The molecule has 1 aromatic carbocycles. The Labute approximate surface area is 168 Å². The first-order chi connectivity index (χ1) is 13.0. The Kier molecular flexibility index (Phi) is 6.44. The zero-order chi connectivity index (χ0) is 19.4. The van der Waals surface area contributed by atoms with Crippen LogP contribution in [0.2, 0.25) is 5.02 Å². The summed E-state index contributed by atoms with van der Waals surface area (Å²) in [5, 5.41) is 9.10. The van der Waals surface area contributed by atoms with Gasteiger partial charge in [-0.1, -0.05) is 55.4 Å². The van der Waals surface area contributed by atoms with Crippen LogP contribution < -0.4 is 5.32 Å². The highest BCUT2D eigenvalue weighted by Crippen LogP contribution is 2.39. The molecule has 1 aliphatic rings. The standard InChI is InChI=1S/C19H23ClN4O2S/c1-4-6-11-27-19-22-18-21-12(3)15(17(25)26-5-2)16(24(18)23-19)13-7-9-14(20)10-8-13/h7-10,15-16H,3-6,11H2,1-2H3,(H,21,22,23)/t15-,16+/m0/s1. The number of hydrogen-bond donors (Lipinski definition) is 1. The lowest BCUT2D eigenvalue weighted by atomic mass is 9.89. The monoisotopic (exact) mass is 406 g/mol. The second-order valence-corrected chi connectivity index (χ2v) is 7.74. The molecule has 0 radical (unpaired) electrons. The molecule has 0 saturated carbocycles. The van der Waals surface area contributed by atoms with Crippen LogP contribution in [0.5, 0.6) is 0 Å². The largest absolute Gasteiger partial charge is 0.465 e. The Morgan fingerprint density at radius 3 is 2.78 bits per heavy atom. The van der Waals surface area contributed by atoms with Crippen LogP contribution >= 0.6 is 23.4 Å². The summed E-state index contributed by atoms with van der Waals surface area (Å²) < 4.78 is 7.05. The Bertz CT molecular complexity index is 822. The molecule has 6 nitrogen and oxygen atoms in total. The van der Waals surface area contributed by atoms with Gasteiger partial charge in [-0.15, -0.1) is 5.10 Å². The molecule has 0 fully saturated rings. The van der Waals surface area contributed by atoms with E-state index in [1.807, 2.05) is 12.1 Å². The van der Waals surface area contributed by atoms with E-state index in [2.05, 4.69) is 28.9 Å². The highest BCUT2D eigenvalue weighted by atomic mass is 35.5. The van der Waals surface area contributed by atoms with Crippen LogP contribution in [0.4, 0.5) is 5.95 Å². The van der Waals surface area contributed by atoms with Gasteiger partial charge in [-0.3, -0.25) is 4.79 Å². The minimum Gasteiger partial charge on any atom is -0.465 e. The van der Waals surface area contributed by atoms with Crippen LogP contribution in [-0.2, 0) is 9.53 Å². The molecule has 0 saturated heterocycles. The molecule has 0 aliphatic carbocycles. The maximum Gasteiger partial charge on any atom is 0.317 e. The number of aromatic nitrogens is 3. The van der Waals surface area contributed by atoms with Crippen molar-refractivity contribution in [3.05, 3.63) is 47.1 Å². The van der Waals surface area contributed by atoms with Crippen molar-refractivity contribution in [3.8, 4) is 0 Å². The van der Waals surface area contributed by atoms with Crippen molar-refractivity contribution in [1.29, 1.82) is 0 Å². The fraction of sp³-hybridized carbons (Fsp3) is 0.421. The average molecular weight is 407 g/mol. The van der Waals surface area contributed by atoms with E-state index in [0.29, 0.717) is 28.4 Å². The predicted molar refractivity (Wildman–Crippen MR) is 108 cm³/mol. The molecule has 2 atom stereocenters. The van der Waals surface area contributed by atoms with Gasteiger partial charge in [-0.05, 0) is 31.0 Å². The molecule has 1 N–H and O–H groups in total. The summed E-state index contributed by atoms with van der Waals surface area (Å²) in [6.45, 7) is 8.29. The molecule has 2 aromatic rings. The number of ether oxygens (including phenoxy) is 1. The number of anilines is 1. The molecule has 0 spiro atoms. The summed E-state index contributed by atoms with van der Waals surface area (Å²) in [6.07, 6.45) is 2.22. The quantitative estimate of drug-likeness (QED) is 0.414. The maximum absolute atomic E-state index is 12.7. The molecular formula is C19H23ClN4O2S. The number of benzene rings is 1. The van der Waals surface area contributed by atoms with Gasteiger partial charge in [-0.2, -0.15) is 4.98 Å². The van der Waals surface area contributed by atoms with Crippen LogP contribution in [0.3, 0.4) is 0 Å². The van der Waals surface area contributed by atoms with E-state index in [0.717, 1.165) is 24.2 Å². The molecular weight excluding hydrogens is 384 g/mol. The summed E-state index contributed by atoms with van der Waals surface area (Å²) >= 11 is 7.65. The number of carbonyl (C=O) groups is 1. The molecule has 0 amide bonds. The fourth-order valence-corrected chi connectivity index (χ4v) is 4.04. The first-order valence-electron chi connectivity index (χ1n) is 9.02. The smallest absolute Gasteiger partial charge is 0.317 e. The summed E-state index contributed by atoms with van der Waals surface area (Å²) in [7, 11) is 0. The topological polar surface area (TPSA) is 69.0 Å². The third-order valence-electron chi connectivity index (χ3n) is 4.32. The van der Waals surface area contributed by atoms with Crippen molar-refractivity contribution in [1.82, 2.24) is 14.8 Å². The Balaban J connectivity index is 2.01. The molecule has 2 heterocycles. The molecule has 8 heteroatoms. The van der Waals surface area contributed by atoms with Crippen LogP contribution in [0.15, 0.2) is 41.7 Å². The third-order valence-corrected chi connectivity index (χ3v) is 5.50. The van der Waals surface area contributed by atoms with Crippen molar-refractivity contribution < 1.29 is 9.53 Å². The molecule has 1 aromatic heterocycles. The van der Waals surface area contributed by atoms with Crippen molar-refractivity contribution in [2.45, 2.75) is 37.9 Å². The number of halogens is 1. The van der Waals surface area contributed by atoms with Crippen LogP contribution in [-0.4, -0.2) is 33.1 Å². The van der Waals surface area contributed by atoms with Gasteiger partial charge in [-0.25, -0.2) is 4.68 Å². The van der Waals surface area contributed by atoms with E-state index in [4.69, 9.17) is 16.3 Å². The number of fused-ring (bicyclic) bond motifs is 1. The van der Waals surface area contributed by atoms with E-state index >= 15 is 0 Å². The summed E-state index contributed by atoms with van der Waals surface area (Å²) in [5.74, 6) is 0.595. The second-order valence-electron chi connectivity index (χ2n) is 6.24. The Morgan fingerprint density at radius 1 is 1.37 bits per heavy atom. The number of esters is 1. The number of unbranched alkanes of at least 4 members (excludes halogenated alkanes) is 1. The van der Waals surface area contributed by atoms with Crippen molar-refractivity contribution in [3.63, 3.8) is 0 Å². The lowest BCUT2D eigenvalue weighted by Gasteiger charge is -2.33. The van der Waals surface area contributed by atoms with Crippen molar-refractivity contribution in [2.75, 3.05) is 17.7 Å². The van der Waals surface area contributed by atoms with Gasteiger partial charge in [0.2, 0.25) is 11.1 Å². The zero-order valence-corrected chi connectivity index (χ0v) is 17.0. The van der Waals surface area contributed by atoms with Crippen molar-refractivity contribution >= 4 is 35.3 Å². The predicted octanol–water partition coefficient (Wildman–Crippen LogP) is 4.53. The minimum atomic E-state index is -0.603. The second kappa shape index (κ2) is 8.80. The first kappa shape index (κ1) is 19.8. The number of nitrogens with zero attached hydrogens (tertiary/aromatic N) is 3. The van der Waals surface area contributed by atoms with Gasteiger partial charge in [0.1, 0.15) is 5.92 Å². The van der Waals surface area contributed by atoms with Gasteiger partial charge in [0, 0.05) is 16.5 Å². The van der Waals surface area contributed by atoms with Crippen LogP contribution in [0, 0.1) is 5.92 Å². The van der Waals surface area contributed by atoms with Gasteiger partial charge < -0.3 is 10.1 Å². The highest BCUT2D eigenvalue weighted by Gasteiger charge is 2.41. The van der Waals surface area contributed by atoms with E-state index in [-0.39, 0.29) is 5.97 Å². The zero-order valence-electron chi connectivity index (χ0n) is 15.4. The molecule has 27 heavy (non-hydrogen) atoms. The molecule has 3 rings (SSSR count). The number of thioether (sulfide) groups is 1. The van der Waals surface area contributed by atoms with E-state index in [1.54, 1.807) is 35.5 Å². The van der Waals surface area contributed by atoms with Gasteiger partial charge in [0.05, 0.1) is 12.6 Å². The fourth-order valence-electron chi connectivity index (χ4n) is 3.00. The van der Waals surface area contributed by atoms with E-state index < -0.39 is 12.0 Å². The SMILES string of the molecule is C=C1Nc2nc(SCCCC)nn2[C@H](c2ccc(Cl)cc2)[C@H]1C(=O)OCC. The van der Waals surface area contributed by atoms with Gasteiger partial charge >= 0.3 is 5.97 Å².